The molecule has 0 amide bonds. The van der Waals surface area contributed by atoms with E-state index < -0.39 is 0 Å². The molecule has 0 spiro atoms. The lowest BCUT2D eigenvalue weighted by molar-refractivity contribution is -0.00948. The molecule has 1 aromatic rings. The lowest BCUT2D eigenvalue weighted by Crippen LogP contribution is -2.12. The molecule has 0 saturated heterocycles. The molecule has 0 N–H and O–H groups in total. The van der Waals surface area contributed by atoms with Gasteiger partial charge in [-0.1, -0.05) is 38.1 Å². The van der Waals surface area contributed by atoms with E-state index >= 15 is 0 Å². The summed E-state index contributed by atoms with van der Waals surface area (Å²) in [4.78, 5) is 0. The molecule has 0 radical (unpaired) electrons. The predicted molar refractivity (Wildman–Crippen MR) is 99.1 cm³/mol. The van der Waals surface area contributed by atoms with Crippen molar-refractivity contribution < 1.29 is 23.7 Å². The second-order valence-electron chi connectivity index (χ2n) is 5.93. The van der Waals surface area contributed by atoms with E-state index in [-0.39, 0.29) is 0 Å². The van der Waals surface area contributed by atoms with Crippen LogP contribution in [0.2, 0.25) is 0 Å². The molecule has 5 heteroatoms. The molecule has 1 atom stereocenters. The van der Waals surface area contributed by atoms with Gasteiger partial charge in [0.15, 0.2) is 0 Å². The first-order chi connectivity index (χ1) is 12.3. The van der Waals surface area contributed by atoms with Crippen LogP contribution in [0.3, 0.4) is 0 Å². The van der Waals surface area contributed by atoms with Gasteiger partial charge in [0.25, 0.3) is 0 Å². The van der Waals surface area contributed by atoms with E-state index in [1.165, 1.54) is 11.1 Å². The number of ether oxygens (including phenoxy) is 5. The smallest absolute Gasteiger partial charge is 0.0718 e. The number of benzene rings is 1. The van der Waals surface area contributed by atoms with Crippen LogP contribution in [-0.2, 0) is 30.3 Å². The quantitative estimate of drug-likeness (QED) is 0.426. The number of hydrogen-bond acceptors (Lipinski definition) is 5. The standard InChI is InChI=1S/C20H34O5/c1-4-18(2)20-7-5-19(6-8-20)17-25-16-15-24-14-13-23-12-11-22-10-9-21-3/h5-8,18H,4,9-17H2,1-3H3. The Hall–Kier alpha value is -0.980. The number of rotatable bonds is 16. The summed E-state index contributed by atoms with van der Waals surface area (Å²) in [5.74, 6) is 0.613. The number of hydrogen-bond donors (Lipinski definition) is 0. The minimum absolute atomic E-state index is 0.574. The van der Waals surface area contributed by atoms with Crippen molar-refractivity contribution in [2.45, 2.75) is 32.8 Å². The zero-order chi connectivity index (χ0) is 18.2. The third-order valence-electron chi connectivity index (χ3n) is 3.98. The molecular formula is C20H34O5. The van der Waals surface area contributed by atoms with Gasteiger partial charge in [-0.15, -0.1) is 0 Å². The largest absolute Gasteiger partial charge is 0.382 e. The van der Waals surface area contributed by atoms with Crippen LogP contribution in [0.15, 0.2) is 24.3 Å². The van der Waals surface area contributed by atoms with Crippen molar-refractivity contribution in [2.75, 3.05) is 60.0 Å². The van der Waals surface area contributed by atoms with Crippen molar-refractivity contribution >= 4 is 0 Å². The summed E-state index contributed by atoms with van der Waals surface area (Å²) >= 11 is 0. The van der Waals surface area contributed by atoms with Gasteiger partial charge in [-0.05, 0) is 23.5 Å². The molecular weight excluding hydrogens is 320 g/mol. The Morgan fingerprint density at radius 2 is 1.20 bits per heavy atom. The molecule has 144 valence electrons. The first-order valence-electron chi connectivity index (χ1n) is 9.16. The lowest BCUT2D eigenvalue weighted by Gasteiger charge is -2.10. The third kappa shape index (κ3) is 11.3. The van der Waals surface area contributed by atoms with E-state index in [0.717, 1.165) is 6.42 Å². The summed E-state index contributed by atoms with van der Waals surface area (Å²) in [6.07, 6.45) is 1.16. The molecule has 5 nitrogen and oxygen atoms in total. The van der Waals surface area contributed by atoms with Gasteiger partial charge in [0.1, 0.15) is 0 Å². The van der Waals surface area contributed by atoms with Crippen molar-refractivity contribution in [3.05, 3.63) is 35.4 Å². The summed E-state index contributed by atoms with van der Waals surface area (Å²) in [7, 11) is 1.66. The Bertz CT molecular complexity index is 407. The average molecular weight is 354 g/mol. The Balaban J connectivity index is 1.90. The van der Waals surface area contributed by atoms with Gasteiger partial charge in [0.2, 0.25) is 0 Å². The van der Waals surface area contributed by atoms with E-state index in [9.17, 15) is 0 Å². The molecule has 0 heterocycles. The van der Waals surface area contributed by atoms with Crippen LogP contribution >= 0.6 is 0 Å². The van der Waals surface area contributed by atoms with Gasteiger partial charge in [0.05, 0.1) is 59.5 Å². The first-order valence-corrected chi connectivity index (χ1v) is 9.16. The van der Waals surface area contributed by atoms with Crippen molar-refractivity contribution in [2.24, 2.45) is 0 Å². The molecule has 0 saturated carbocycles. The zero-order valence-corrected chi connectivity index (χ0v) is 16.0. The van der Waals surface area contributed by atoms with Crippen LogP contribution in [-0.4, -0.2) is 60.0 Å². The highest BCUT2D eigenvalue weighted by atomic mass is 16.6. The number of methoxy groups -OCH3 is 1. The molecule has 0 aliphatic rings. The summed E-state index contributed by atoms with van der Waals surface area (Å²) < 4.78 is 26.7. The zero-order valence-electron chi connectivity index (χ0n) is 16.0. The van der Waals surface area contributed by atoms with E-state index in [0.29, 0.717) is 65.4 Å². The Kier molecular flexibility index (Phi) is 13.5. The maximum absolute atomic E-state index is 5.63. The van der Waals surface area contributed by atoms with Gasteiger partial charge >= 0.3 is 0 Å². The minimum Gasteiger partial charge on any atom is -0.382 e. The minimum atomic E-state index is 0.574. The predicted octanol–water partition coefficient (Wildman–Crippen LogP) is 3.41. The van der Waals surface area contributed by atoms with Crippen LogP contribution in [0.4, 0.5) is 0 Å². The highest BCUT2D eigenvalue weighted by molar-refractivity contribution is 5.24. The maximum Gasteiger partial charge on any atom is 0.0718 e. The topological polar surface area (TPSA) is 46.2 Å². The van der Waals surface area contributed by atoms with Crippen LogP contribution in [0, 0.1) is 0 Å². The fourth-order valence-corrected chi connectivity index (χ4v) is 2.17. The second kappa shape index (κ2) is 15.3. The van der Waals surface area contributed by atoms with Crippen LogP contribution in [0.25, 0.3) is 0 Å². The van der Waals surface area contributed by atoms with Gasteiger partial charge in [-0.2, -0.15) is 0 Å². The SMILES string of the molecule is CCC(C)c1ccc(COCCOCCOCCOCCOC)cc1. The molecule has 0 fully saturated rings. The maximum atomic E-state index is 5.63. The van der Waals surface area contributed by atoms with Crippen molar-refractivity contribution in [3.8, 4) is 0 Å². The van der Waals surface area contributed by atoms with Gasteiger partial charge in [-0.25, -0.2) is 0 Å². The molecule has 1 rings (SSSR count). The highest BCUT2D eigenvalue weighted by Gasteiger charge is 2.02. The molecule has 1 aromatic carbocycles. The van der Waals surface area contributed by atoms with Crippen LogP contribution < -0.4 is 0 Å². The second-order valence-corrected chi connectivity index (χ2v) is 5.93. The van der Waals surface area contributed by atoms with E-state index in [1.54, 1.807) is 7.11 Å². The average Bonchev–Trinajstić information content (AvgIpc) is 2.65. The van der Waals surface area contributed by atoms with Gasteiger partial charge in [-0.3, -0.25) is 0 Å². The highest BCUT2D eigenvalue weighted by Crippen LogP contribution is 2.18. The lowest BCUT2D eigenvalue weighted by atomic mass is 9.98. The summed E-state index contributed by atoms with van der Waals surface area (Å²) in [5, 5.41) is 0. The van der Waals surface area contributed by atoms with Crippen molar-refractivity contribution in [1.29, 1.82) is 0 Å². The Morgan fingerprint density at radius 1 is 0.720 bits per heavy atom. The Labute approximate surface area is 152 Å². The van der Waals surface area contributed by atoms with E-state index in [4.69, 9.17) is 23.7 Å². The normalized spacial score (nSPS) is 12.4. The van der Waals surface area contributed by atoms with E-state index in [2.05, 4.69) is 38.1 Å². The third-order valence-corrected chi connectivity index (χ3v) is 3.98. The molecule has 0 aliphatic carbocycles. The monoisotopic (exact) mass is 354 g/mol. The molecule has 0 bridgehead atoms. The molecule has 0 aliphatic heterocycles. The van der Waals surface area contributed by atoms with E-state index in [1.807, 2.05) is 0 Å². The van der Waals surface area contributed by atoms with Gasteiger partial charge < -0.3 is 23.7 Å². The van der Waals surface area contributed by atoms with Crippen molar-refractivity contribution in [1.82, 2.24) is 0 Å². The fraction of sp³-hybridized carbons (Fsp3) is 0.700. The summed E-state index contributed by atoms with van der Waals surface area (Å²) in [5.41, 5.74) is 2.59. The summed E-state index contributed by atoms with van der Waals surface area (Å²) in [6, 6.07) is 8.68. The molecule has 0 aromatic heterocycles. The fourth-order valence-electron chi connectivity index (χ4n) is 2.17. The van der Waals surface area contributed by atoms with Gasteiger partial charge in [0, 0.05) is 7.11 Å². The van der Waals surface area contributed by atoms with Crippen molar-refractivity contribution in [3.63, 3.8) is 0 Å². The van der Waals surface area contributed by atoms with Crippen LogP contribution in [0.1, 0.15) is 37.3 Å². The first kappa shape index (κ1) is 22.1. The van der Waals surface area contributed by atoms with Crippen LogP contribution in [0.5, 0.6) is 0 Å². The molecule has 25 heavy (non-hydrogen) atoms. The Morgan fingerprint density at radius 3 is 1.68 bits per heavy atom. The summed E-state index contributed by atoms with van der Waals surface area (Å²) in [6.45, 7) is 9.79. The molecule has 1 unspecified atom stereocenters.